The van der Waals surface area contributed by atoms with Crippen LogP contribution in [0.2, 0.25) is 0 Å². The summed E-state index contributed by atoms with van der Waals surface area (Å²) in [7, 11) is 0. The predicted molar refractivity (Wildman–Crippen MR) is 104 cm³/mol. The number of fused-ring (bicyclic) bond motifs is 1. The highest BCUT2D eigenvalue weighted by Crippen LogP contribution is 2.35. The fraction of sp³-hybridized carbons (Fsp3) is 0.130. The molecule has 0 aliphatic carbocycles. The number of rotatable bonds is 3. The van der Waals surface area contributed by atoms with Gasteiger partial charge in [-0.25, -0.2) is 4.79 Å². The molecule has 4 rings (SSSR count). The third kappa shape index (κ3) is 3.47. The Morgan fingerprint density at radius 1 is 0.778 bits per heavy atom. The molecule has 0 aromatic heterocycles. The van der Waals surface area contributed by atoms with Gasteiger partial charge in [-0.1, -0.05) is 42.5 Å². The number of benzene rings is 3. The zero-order valence-electron chi connectivity index (χ0n) is 14.8. The Labute approximate surface area is 158 Å². The number of hydrogen-bond donors (Lipinski definition) is 0. The van der Waals surface area contributed by atoms with Gasteiger partial charge < -0.3 is 9.64 Å². The molecule has 0 radical (unpaired) electrons. The number of anilines is 1. The monoisotopic (exact) mass is 357 g/mol. The third-order valence-electron chi connectivity index (χ3n) is 4.69. The van der Waals surface area contributed by atoms with Crippen LogP contribution in [0.15, 0.2) is 78.9 Å². The highest BCUT2D eigenvalue weighted by Gasteiger charge is 2.26. The molecular weight excluding hydrogens is 338 g/mol. The second kappa shape index (κ2) is 7.46. The molecule has 1 aliphatic rings. The van der Waals surface area contributed by atoms with E-state index in [1.807, 2.05) is 48.5 Å². The Hall–Kier alpha value is -3.40. The summed E-state index contributed by atoms with van der Waals surface area (Å²) in [6.45, 7) is 0.650. The molecule has 3 aromatic carbocycles. The first-order valence-electron chi connectivity index (χ1n) is 9.00. The minimum absolute atomic E-state index is 0.0388. The van der Waals surface area contributed by atoms with Crippen molar-refractivity contribution in [2.75, 3.05) is 11.4 Å². The van der Waals surface area contributed by atoms with Crippen LogP contribution < -0.4 is 9.64 Å². The van der Waals surface area contributed by atoms with Crippen LogP contribution in [0, 0.1) is 0 Å². The SMILES string of the molecule is O=C(Oc1cccc2c1CCCN2C(=O)c1ccccc1)c1ccccc1. The molecule has 0 saturated heterocycles. The Balaban J connectivity index is 1.64. The lowest BCUT2D eigenvalue weighted by Gasteiger charge is -2.30. The molecule has 4 heteroatoms. The van der Waals surface area contributed by atoms with E-state index in [1.54, 1.807) is 35.2 Å². The van der Waals surface area contributed by atoms with Crippen LogP contribution in [0.3, 0.4) is 0 Å². The van der Waals surface area contributed by atoms with Crippen LogP contribution in [0.1, 0.15) is 32.7 Å². The van der Waals surface area contributed by atoms with Gasteiger partial charge in [0.2, 0.25) is 0 Å². The lowest BCUT2D eigenvalue weighted by molar-refractivity contribution is 0.0733. The van der Waals surface area contributed by atoms with Crippen molar-refractivity contribution in [3.8, 4) is 5.75 Å². The van der Waals surface area contributed by atoms with Gasteiger partial charge in [-0.2, -0.15) is 0 Å². The second-order valence-corrected chi connectivity index (χ2v) is 6.44. The highest BCUT2D eigenvalue weighted by atomic mass is 16.5. The van der Waals surface area contributed by atoms with Crippen LogP contribution in [0.25, 0.3) is 0 Å². The van der Waals surface area contributed by atoms with Crippen LogP contribution in [-0.4, -0.2) is 18.4 Å². The van der Waals surface area contributed by atoms with E-state index < -0.39 is 5.97 Å². The molecule has 0 saturated carbocycles. The van der Waals surface area contributed by atoms with Crippen molar-refractivity contribution in [1.29, 1.82) is 0 Å². The van der Waals surface area contributed by atoms with E-state index in [1.165, 1.54) is 0 Å². The van der Waals surface area contributed by atoms with Crippen molar-refractivity contribution in [3.05, 3.63) is 95.6 Å². The third-order valence-corrected chi connectivity index (χ3v) is 4.69. The van der Waals surface area contributed by atoms with Crippen LogP contribution in [0.5, 0.6) is 5.75 Å². The topological polar surface area (TPSA) is 46.6 Å². The first-order valence-corrected chi connectivity index (χ1v) is 9.00. The fourth-order valence-electron chi connectivity index (χ4n) is 3.37. The van der Waals surface area contributed by atoms with E-state index in [9.17, 15) is 9.59 Å². The van der Waals surface area contributed by atoms with E-state index in [0.29, 0.717) is 23.4 Å². The predicted octanol–water partition coefficient (Wildman–Crippen LogP) is 4.50. The summed E-state index contributed by atoms with van der Waals surface area (Å²) in [5.41, 5.74) is 2.87. The summed E-state index contributed by atoms with van der Waals surface area (Å²) in [5.74, 6) is 0.0884. The lowest BCUT2D eigenvalue weighted by atomic mass is 9.99. The summed E-state index contributed by atoms with van der Waals surface area (Å²) in [6.07, 6.45) is 1.59. The smallest absolute Gasteiger partial charge is 0.343 e. The lowest BCUT2D eigenvalue weighted by Crippen LogP contribution is -2.35. The van der Waals surface area contributed by atoms with E-state index in [2.05, 4.69) is 0 Å². The number of nitrogens with zero attached hydrogens (tertiary/aromatic N) is 1. The molecular formula is C23H19NO3. The van der Waals surface area contributed by atoms with Crippen molar-refractivity contribution >= 4 is 17.6 Å². The number of amides is 1. The van der Waals surface area contributed by atoms with Gasteiger partial charge in [-0.05, 0) is 49.2 Å². The summed E-state index contributed by atoms with van der Waals surface area (Å²) in [5, 5.41) is 0. The minimum Gasteiger partial charge on any atom is -0.423 e. The number of ether oxygens (including phenoxy) is 1. The molecule has 1 amide bonds. The van der Waals surface area contributed by atoms with Gasteiger partial charge in [0.1, 0.15) is 5.75 Å². The molecule has 0 fully saturated rings. The summed E-state index contributed by atoms with van der Waals surface area (Å²) >= 11 is 0. The Morgan fingerprint density at radius 2 is 1.44 bits per heavy atom. The summed E-state index contributed by atoms with van der Waals surface area (Å²) in [6, 6.07) is 23.7. The first-order chi connectivity index (χ1) is 13.2. The van der Waals surface area contributed by atoms with Crippen LogP contribution >= 0.6 is 0 Å². The van der Waals surface area contributed by atoms with Crippen LogP contribution in [0.4, 0.5) is 5.69 Å². The maximum atomic E-state index is 12.9. The molecule has 0 bridgehead atoms. The zero-order chi connectivity index (χ0) is 18.6. The van der Waals surface area contributed by atoms with Gasteiger partial charge in [0.25, 0.3) is 5.91 Å². The molecule has 27 heavy (non-hydrogen) atoms. The van der Waals surface area contributed by atoms with Crippen molar-refractivity contribution in [1.82, 2.24) is 0 Å². The van der Waals surface area contributed by atoms with E-state index >= 15 is 0 Å². The fourth-order valence-corrected chi connectivity index (χ4v) is 3.37. The number of carbonyl (C=O) groups excluding carboxylic acids is 2. The average molecular weight is 357 g/mol. The van der Waals surface area contributed by atoms with E-state index in [4.69, 9.17) is 4.74 Å². The van der Waals surface area contributed by atoms with Crippen LogP contribution in [-0.2, 0) is 6.42 Å². The molecule has 0 N–H and O–H groups in total. The van der Waals surface area contributed by atoms with Gasteiger partial charge in [0, 0.05) is 17.7 Å². The normalized spacial score (nSPS) is 13.0. The standard InChI is InChI=1S/C23H19NO3/c25-22(17-9-3-1-4-10-17)24-16-8-13-19-20(24)14-7-15-21(19)27-23(26)18-11-5-2-6-12-18/h1-7,9-12,14-15H,8,13,16H2. The van der Waals surface area contributed by atoms with Crippen molar-refractivity contribution in [3.63, 3.8) is 0 Å². The van der Waals surface area contributed by atoms with Gasteiger partial charge in [0.15, 0.2) is 0 Å². The maximum Gasteiger partial charge on any atom is 0.343 e. The van der Waals surface area contributed by atoms with E-state index in [0.717, 1.165) is 24.1 Å². The second-order valence-electron chi connectivity index (χ2n) is 6.44. The molecule has 1 aliphatic heterocycles. The van der Waals surface area contributed by atoms with Crippen molar-refractivity contribution in [2.45, 2.75) is 12.8 Å². The Kier molecular flexibility index (Phi) is 4.71. The van der Waals surface area contributed by atoms with Gasteiger partial charge in [0.05, 0.1) is 11.3 Å². The molecule has 134 valence electrons. The highest BCUT2D eigenvalue weighted by molar-refractivity contribution is 6.07. The Bertz CT molecular complexity index is 967. The maximum absolute atomic E-state index is 12.9. The summed E-state index contributed by atoms with van der Waals surface area (Å²) < 4.78 is 5.66. The number of esters is 1. The summed E-state index contributed by atoms with van der Waals surface area (Å²) in [4.78, 5) is 27.1. The zero-order valence-corrected chi connectivity index (χ0v) is 14.8. The molecule has 0 unspecified atom stereocenters. The number of carbonyl (C=O) groups is 2. The van der Waals surface area contributed by atoms with Crippen molar-refractivity contribution < 1.29 is 14.3 Å². The van der Waals surface area contributed by atoms with Gasteiger partial charge in [-0.3, -0.25) is 4.79 Å². The molecule has 3 aromatic rings. The molecule has 1 heterocycles. The first kappa shape index (κ1) is 17.0. The molecule has 4 nitrogen and oxygen atoms in total. The Morgan fingerprint density at radius 3 is 2.15 bits per heavy atom. The average Bonchev–Trinajstić information content (AvgIpc) is 2.74. The number of hydrogen-bond acceptors (Lipinski definition) is 3. The van der Waals surface area contributed by atoms with Gasteiger partial charge >= 0.3 is 5.97 Å². The van der Waals surface area contributed by atoms with E-state index in [-0.39, 0.29) is 5.91 Å². The largest absolute Gasteiger partial charge is 0.423 e. The molecule has 0 atom stereocenters. The van der Waals surface area contributed by atoms with Gasteiger partial charge in [-0.15, -0.1) is 0 Å². The minimum atomic E-state index is -0.393. The molecule has 0 spiro atoms. The quantitative estimate of drug-likeness (QED) is 0.512. The van der Waals surface area contributed by atoms with Crippen molar-refractivity contribution in [2.24, 2.45) is 0 Å².